The van der Waals surface area contributed by atoms with Crippen molar-refractivity contribution in [3.63, 3.8) is 0 Å². The Kier molecular flexibility index (Phi) is 7.07. The number of azo groups is 1. The van der Waals surface area contributed by atoms with E-state index in [2.05, 4.69) is 30.8 Å². The largest absolute Gasteiger partial charge is 0.497 e. The molecule has 1 aromatic heterocycles. The molecule has 4 rings (SSSR count). The molecule has 0 saturated carbocycles. The predicted molar refractivity (Wildman–Crippen MR) is 132 cm³/mol. The van der Waals surface area contributed by atoms with E-state index in [0.717, 1.165) is 5.69 Å². The smallest absolute Gasteiger partial charge is 0.353 e. The van der Waals surface area contributed by atoms with Crippen LogP contribution in [0.1, 0.15) is 0 Å². The Morgan fingerprint density at radius 2 is 1.49 bits per heavy atom. The van der Waals surface area contributed by atoms with Gasteiger partial charge >= 0.3 is 5.69 Å². The SMILES string of the molecule is COc1ccc(OC)c(Nc2ncnc(Nc3ccc(N=Nc4ccccc4)cc3)c2[N+](=O)[O-])c1. The van der Waals surface area contributed by atoms with Gasteiger partial charge in [0, 0.05) is 11.8 Å². The lowest BCUT2D eigenvalue weighted by Crippen LogP contribution is -2.06. The highest BCUT2D eigenvalue weighted by molar-refractivity contribution is 5.78. The lowest BCUT2D eigenvalue weighted by Gasteiger charge is -2.13. The zero-order valence-electron chi connectivity index (χ0n) is 18.9. The van der Waals surface area contributed by atoms with E-state index in [-0.39, 0.29) is 17.3 Å². The van der Waals surface area contributed by atoms with Gasteiger partial charge in [-0.15, -0.1) is 0 Å². The van der Waals surface area contributed by atoms with E-state index in [1.54, 1.807) is 42.5 Å². The minimum atomic E-state index is -0.556. The van der Waals surface area contributed by atoms with E-state index >= 15 is 0 Å². The number of anilines is 4. The summed E-state index contributed by atoms with van der Waals surface area (Å²) < 4.78 is 10.6. The molecular formula is C24H21N7O4. The number of aromatic nitrogens is 2. The molecule has 0 unspecified atom stereocenters. The van der Waals surface area contributed by atoms with Crippen molar-refractivity contribution in [3.05, 3.63) is 89.2 Å². The van der Waals surface area contributed by atoms with Crippen molar-refractivity contribution in [1.82, 2.24) is 9.97 Å². The minimum absolute atomic E-state index is 0.00710. The van der Waals surface area contributed by atoms with Gasteiger partial charge in [0.05, 0.1) is 36.2 Å². The second kappa shape index (κ2) is 10.7. The van der Waals surface area contributed by atoms with E-state index in [1.165, 1.54) is 20.5 Å². The Morgan fingerprint density at radius 1 is 0.829 bits per heavy atom. The highest BCUT2D eigenvalue weighted by Crippen LogP contribution is 2.37. The highest BCUT2D eigenvalue weighted by atomic mass is 16.6. The maximum atomic E-state index is 11.9. The van der Waals surface area contributed by atoms with Crippen molar-refractivity contribution in [2.45, 2.75) is 0 Å². The van der Waals surface area contributed by atoms with Crippen LogP contribution in [0.2, 0.25) is 0 Å². The van der Waals surface area contributed by atoms with Crippen molar-refractivity contribution in [2.24, 2.45) is 10.2 Å². The molecule has 0 spiro atoms. The molecule has 3 aromatic carbocycles. The van der Waals surface area contributed by atoms with E-state index in [9.17, 15) is 10.1 Å². The molecule has 1 heterocycles. The molecule has 11 heteroatoms. The summed E-state index contributed by atoms with van der Waals surface area (Å²) in [6.45, 7) is 0. The number of nitrogens with zero attached hydrogens (tertiary/aromatic N) is 5. The maximum Gasteiger partial charge on any atom is 0.353 e. The fraction of sp³-hybridized carbons (Fsp3) is 0.0833. The number of benzene rings is 3. The molecule has 0 radical (unpaired) electrons. The van der Waals surface area contributed by atoms with E-state index < -0.39 is 4.92 Å². The Hall–Kier alpha value is -5.06. The lowest BCUT2D eigenvalue weighted by atomic mass is 10.2. The Bertz CT molecular complexity index is 1350. The first kappa shape index (κ1) is 23.1. The van der Waals surface area contributed by atoms with Gasteiger partial charge in [-0.1, -0.05) is 18.2 Å². The summed E-state index contributed by atoms with van der Waals surface area (Å²) in [5.41, 5.74) is 2.07. The van der Waals surface area contributed by atoms with Crippen LogP contribution in [0, 0.1) is 10.1 Å². The monoisotopic (exact) mass is 471 g/mol. The van der Waals surface area contributed by atoms with Gasteiger partial charge in [-0.3, -0.25) is 10.1 Å². The molecule has 0 aliphatic heterocycles. The normalized spacial score (nSPS) is 10.7. The highest BCUT2D eigenvalue weighted by Gasteiger charge is 2.24. The van der Waals surface area contributed by atoms with Crippen LogP contribution >= 0.6 is 0 Å². The standard InChI is InChI=1S/C24H21N7O4/c1-34-19-12-13-21(35-2)20(14-19)28-24-22(31(32)33)23(25-15-26-24)27-16-8-10-18(11-9-16)30-29-17-6-4-3-5-7-17/h3-15H,1-2H3,(H2,25,26,27,28). The third-order valence-corrected chi connectivity index (χ3v) is 4.83. The van der Waals surface area contributed by atoms with Crippen LogP contribution in [-0.4, -0.2) is 29.1 Å². The zero-order valence-corrected chi connectivity index (χ0v) is 18.9. The predicted octanol–water partition coefficient (Wildman–Crippen LogP) is 6.30. The molecular weight excluding hydrogens is 450 g/mol. The van der Waals surface area contributed by atoms with E-state index in [4.69, 9.17) is 9.47 Å². The summed E-state index contributed by atoms with van der Waals surface area (Å²) in [7, 11) is 3.02. The van der Waals surface area contributed by atoms with Gasteiger partial charge < -0.3 is 20.1 Å². The lowest BCUT2D eigenvalue weighted by molar-refractivity contribution is -0.383. The first-order valence-corrected chi connectivity index (χ1v) is 10.4. The molecule has 0 aliphatic rings. The fourth-order valence-corrected chi connectivity index (χ4v) is 3.13. The summed E-state index contributed by atoms with van der Waals surface area (Å²) >= 11 is 0. The summed E-state index contributed by atoms with van der Waals surface area (Å²) in [6.07, 6.45) is 1.23. The topological polar surface area (TPSA) is 136 Å². The molecule has 0 amide bonds. The van der Waals surface area contributed by atoms with Gasteiger partial charge in [-0.25, -0.2) is 9.97 Å². The van der Waals surface area contributed by atoms with Crippen LogP contribution in [0.4, 0.5) is 40.1 Å². The van der Waals surface area contributed by atoms with Crippen LogP contribution < -0.4 is 20.1 Å². The van der Waals surface area contributed by atoms with Gasteiger partial charge in [0.1, 0.15) is 17.8 Å². The molecule has 0 aliphatic carbocycles. The summed E-state index contributed by atoms with van der Waals surface area (Å²) in [5.74, 6) is 1.03. The van der Waals surface area contributed by atoms with Gasteiger partial charge in [-0.2, -0.15) is 10.2 Å². The number of nitro groups is 1. The maximum absolute atomic E-state index is 11.9. The van der Waals surface area contributed by atoms with Crippen molar-refractivity contribution < 1.29 is 14.4 Å². The summed E-state index contributed by atoms with van der Waals surface area (Å²) in [5, 5.41) is 26.2. The zero-order chi connectivity index (χ0) is 24.6. The van der Waals surface area contributed by atoms with Gasteiger partial charge in [0.15, 0.2) is 0 Å². The van der Waals surface area contributed by atoms with Gasteiger partial charge in [0.25, 0.3) is 0 Å². The first-order chi connectivity index (χ1) is 17.1. The van der Waals surface area contributed by atoms with Crippen LogP contribution in [-0.2, 0) is 0 Å². The van der Waals surface area contributed by atoms with Crippen molar-refractivity contribution in [2.75, 3.05) is 24.9 Å². The second-order valence-electron chi connectivity index (χ2n) is 7.08. The van der Waals surface area contributed by atoms with E-state index in [1.807, 2.05) is 30.3 Å². The number of hydrogen-bond donors (Lipinski definition) is 2. The average Bonchev–Trinajstić information content (AvgIpc) is 2.89. The Labute approximate surface area is 200 Å². The summed E-state index contributed by atoms with van der Waals surface area (Å²) in [6, 6.07) is 21.3. The molecule has 0 saturated heterocycles. The van der Waals surface area contributed by atoms with Crippen molar-refractivity contribution in [1.29, 1.82) is 0 Å². The molecule has 0 bridgehead atoms. The third-order valence-electron chi connectivity index (χ3n) is 4.83. The van der Waals surface area contributed by atoms with Crippen LogP contribution in [0.3, 0.4) is 0 Å². The van der Waals surface area contributed by atoms with Gasteiger partial charge in [-0.05, 0) is 48.5 Å². The van der Waals surface area contributed by atoms with E-state index in [0.29, 0.717) is 28.6 Å². The average molecular weight is 471 g/mol. The Morgan fingerprint density at radius 3 is 2.11 bits per heavy atom. The fourth-order valence-electron chi connectivity index (χ4n) is 3.13. The molecule has 0 atom stereocenters. The first-order valence-electron chi connectivity index (χ1n) is 10.4. The molecule has 4 aromatic rings. The second-order valence-corrected chi connectivity index (χ2v) is 7.08. The number of rotatable bonds is 9. The van der Waals surface area contributed by atoms with Crippen LogP contribution in [0.5, 0.6) is 11.5 Å². The van der Waals surface area contributed by atoms with Crippen LogP contribution in [0.15, 0.2) is 89.4 Å². The number of methoxy groups -OCH3 is 2. The molecule has 2 N–H and O–H groups in total. The minimum Gasteiger partial charge on any atom is -0.497 e. The molecule has 0 fully saturated rings. The summed E-state index contributed by atoms with van der Waals surface area (Å²) in [4.78, 5) is 19.5. The van der Waals surface area contributed by atoms with Crippen molar-refractivity contribution >= 4 is 40.1 Å². The molecule has 11 nitrogen and oxygen atoms in total. The number of hydrogen-bond acceptors (Lipinski definition) is 10. The quantitative estimate of drug-likeness (QED) is 0.165. The number of ether oxygens (including phenoxy) is 2. The molecule has 176 valence electrons. The molecule has 35 heavy (non-hydrogen) atoms. The van der Waals surface area contributed by atoms with Crippen LogP contribution in [0.25, 0.3) is 0 Å². The van der Waals surface area contributed by atoms with Crippen molar-refractivity contribution in [3.8, 4) is 11.5 Å². The Balaban J connectivity index is 1.58. The van der Waals surface area contributed by atoms with Gasteiger partial charge in [0.2, 0.25) is 11.6 Å². The third kappa shape index (κ3) is 5.66. The number of nitrogens with one attached hydrogen (secondary N) is 2.